The van der Waals surface area contributed by atoms with E-state index in [1.807, 2.05) is 0 Å². The number of rotatable bonds is 4. The summed E-state index contributed by atoms with van der Waals surface area (Å²) in [6.45, 7) is 6.64. The van der Waals surface area contributed by atoms with Gasteiger partial charge in [0.2, 0.25) is 0 Å². The lowest BCUT2D eigenvalue weighted by Crippen LogP contribution is -2.24. The number of amides is 1. The SMILES string of the molecule is CC(=O)c1ccc(C(=O)Nc2sccc2C(=O)OC(C)(C)C)o1. The number of ether oxygens (including phenoxy) is 1. The van der Waals surface area contributed by atoms with Crippen molar-refractivity contribution in [2.24, 2.45) is 0 Å². The van der Waals surface area contributed by atoms with Crippen LogP contribution in [-0.2, 0) is 4.74 Å². The highest BCUT2D eigenvalue weighted by Gasteiger charge is 2.23. The van der Waals surface area contributed by atoms with E-state index in [1.54, 1.807) is 32.2 Å². The van der Waals surface area contributed by atoms with Crippen molar-refractivity contribution in [1.29, 1.82) is 0 Å². The minimum Gasteiger partial charge on any atom is -0.456 e. The molecule has 0 atom stereocenters. The average molecular weight is 335 g/mol. The number of furan rings is 1. The van der Waals surface area contributed by atoms with Crippen LogP contribution in [-0.4, -0.2) is 23.3 Å². The molecule has 122 valence electrons. The zero-order chi connectivity index (χ0) is 17.2. The molecule has 0 unspecified atom stereocenters. The molecule has 1 N–H and O–H groups in total. The maximum Gasteiger partial charge on any atom is 0.341 e. The van der Waals surface area contributed by atoms with Crippen molar-refractivity contribution < 1.29 is 23.5 Å². The van der Waals surface area contributed by atoms with Gasteiger partial charge in [0.1, 0.15) is 10.6 Å². The van der Waals surface area contributed by atoms with Crippen molar-refractivity contribution >= 4 is 34.0 Å². The molecule has 2 heterocycles. The highest BCUT2D eigenvalue weighted by Crippen LogP contribution is 2.26. The standard InChI is InChI=1S/C16H17NO5S/c1-9(18)11-5-6-12(21-11)13(19)17-14-10(7-8-23-14)15(20)22-16(2,3)4/h5-8H,1-4H3,(H,17,19). The number of hydrogen-bond acceptors (Lipinski definition) is 6. The molecule has 0 aliphatic rings. The first-order valence-corrected chi connectivity index (χ1v) is 7.78. The van der Waals surface area contributed by atoms with Gasteiger partial charge in [0.15, 0.2) is 17.3 Å². The predicted octanol–water partition coefficient (Wildman–Crippen LogP) is 3.75. The molecule has 0 saturated heterocycles. The fraction of sp³-hybridized carbons (Fsp3) is 0.312. The maximum absolute atomic E-state index is 12.1. The summed E-state index contributed by atoms with van der Waals surface area (Å²) in [6, 6.07) is 4.42. The topological polar surface area (TPSA) is 85.6 Å². The van der Waals surface area contributed by atoms with Crippen LogP contribution in [0.25, 0.3) is 0 Å². The Kier molecular flexibility index (Phi) is 4.70. The molecule has 6 nitrogen and oxygen atoms in total. The summed E-state index contributed by atoms with van der Waals surface area (Å²) < 4.78 is 10.5. The lowest BCUT2D eigenvalue weighted by molar-refractivity contribution is 0.00712. The Labute approximate surface area is 137 Å². The number of hydrogen-bond donors (Lipinski definition) is 1. The van der Waals surface area contributed by atoms with Crippen molar-refractivity contribution in [3.63, 3.8) is 0 Å². The molecule has 0 spiro atoms. The molecule has 7 heteroatoms. The maximum atomic E-state index is 12.1. The molecule has 2 aromatic rings. The third-order valence-electron chi connectivity index (χ3n) is 2.69. The van der Waals surface area contributed by atoms with Crippen molar-refractivity contribution in [1.82, 2.24) is 0 Å². The lowest BCUT2D eigenvalue weighted by Gasteiger charge is -2.19. The summed E-state index contributed by atoms with van der Waals surface area (Å²) in [5.41, 5.74) is -0.353. The first-order valence-electron chi connectivity index (χ1n) is 6.90. The van der Waals surface area contributed by atoms with E-state index < -0.39 is 17.5 Å². The second-order valence-corrected chi connectivity index (χ2v) is 6.76. The largest absolute Gasteiger partial charge is 0.456 e. The zero-order valence-corrected chi connectivity index (χ0v) is 14.1. The number of ketones is 1. The van der Waals surface area contributed by atoms with E-state index in [4.69, 9.17) is 9.15 Å². The van der Waals surface area contributed by atoms with Crippen molar-refractivity contribution in [3.05, 3.63) is 40.7 Å². The Morgan fingerprint density at radius 2 is 1.78 bits per heavy atom. The number of carbonyl (C=O) groups is 3. The molecule has 0 aliphatic carbocycles. The summed E-state index contributed by atoms with van der Waals surface area (Å²) >= 11 is 1.20. The van der Waals surface area contributed by atoms with E-state index in [9.17, 15) is 14.4 Å². The van der Waals surface area contributed by atoms with Crippen LogP contribution in [0.15, 0.2) is 28.0 Å². The normalized spacial score (nSPS) is 11.1. The highest BCUT2D eigenvalue weighted by molar-refractivity contribution is 7.14. The smallest absolute Gasteiger partial charge is 0.341 e. The minimum atomic E-state index is -0.627. The van der Waals surface area contributed by atoms with Gasteiger partial charge in [0.25, 0.3) is 5.91 Å². The highest BCUT2D eigenvalue weighted by atomic mass is 32.1. The molecular weight excluding hydrogens is 318 g/mol. The fourth-order valence-electron chi connectivity index (χ4n) is 1.71. The average Bonchev–Trinajstić information content (AvgIpc) is 3.04. The Hall–Kier alpha value is -2.41. The number of nitrogens with one attached hydrogen (secondary N) is 1. The van der Waals surface area contributed by atoms with Gasteiger partial charge in [-0.1, -0.05) is 0 Å². The molecule has 0 bridgehead atoms. The number of carbonyl (C=O) groups excluding carboxylic acids is 3. The van der Waals surface area contributed by atoms with Crippen LogP contribution in [0, 0.1) is 0 Å². The van der Waals surface area contributed by atoms with Crippen molar-refractivity contribution in [2.45, 2.75) is 33.3 Å². The van der Waals surface area contributed by atoms with Crippen LogP contribution >= 0.6 is 11.3 Å². The minimum absolute atomic E-state index is 0.00117. The van der Waals surface area contributed by atoms with Gasteiger partial charge in [-0.05, 0) is 44.4 Å². The summed E-state index contributed by atoms with van der Waals surface area (Å²) in [5, 5.41) is 4.64. The van der Waals surface area contributed by atoms with Crippen LogP contribution in [0.5, 0.6) is 0 Å². The summed E-state index contributed by atoms with van der Waals surface area (Å²) in [7, 11) is 0. The molecule has 23 heavy (non-hydrogen) atoms. The van der Waals surface area contributed by atoms with Gasteiger partial charge >= 0.3 is 5.97 Å². The van der Waals surface area contributed by atoms with E-state index in [0.29, 0.717) is 5.00 Å². The predicted molar refractivity (Wildman–Crippen MR) is 86.2 cm³/mol. The fourth-order valence-corrected chi connectivity index (χ4v) is 2.48. The Morgan fingerprint density at radius 3 is 2.35 bits per heavy atom. The van der Waals surface area contributed by atoms with Gasteiger partial charge in [0, 0.05) is 6.92 Å². The molecule has 2 rings (SSSR count). The van der Waals surface area contributed by atoms with Crippen LogP contribution in [0.3, 0.4) is 0 Å². The van der Waals surface area contributed by atoms with Crippen LogP contribution in [0.2, 0.25) is 0 Å². The summed E-state index contributed by atoms with van der Waals surface area (Å²) in [4.78, 5) is 35.5. The molecule has 1 amide bonds. The van der Waals surface area contributed by atoms with Crippen LogP contribution in [0.4, 0.5) is 5.00 Å². The quantitative estimate of drug-likeness (QED) is 0.679. The molecule has 0 aromatic carbocycles. The van der Waals surface area contributed by atoms with Crippen molar-refractivity contribution in [3.8, 4) is 0 Å². The Bertz CT molecular complexity index is 751. The van der Waals surface area contributed by atoms with Crippen LogP contribution in [0.1, 0.15) is 59.2 Å². The van der Waals surface area contributed by atoms with Gasteiger partial charge in [-0.2, -0.15) is 0 Å². The first-order chi connectivity index (χ1) is 10.7. The van der Waals surface area contributed by atoms with Gasteiger partial charge in [-0.25, -0.2) is 4.79 Å². The summed E-state index contributed by atoms with van der Waals surface area (Å²) in [6.07, 6.45) is 0. The van der Waals surface area contributed by atoms with Crippen LogP contribution < -0.4 is 5.32 Å². The van der Waals surface area contributed by atoms with E-state index in [2.05, 4.69) is 5.32 Å². The van der Waals surface area contributed by atoms with Gasteiger partial charge < -0.3 is 14.5 Å². The Balaban J connectivity index is 2.14. The third-order valence-corrected chi connectivity index (χ3v) is 3.52. The molecular formula is C16H17NO5S. The van der Waals surface area contributed by atoms with Crippen molar-refractivity contribution in [2.75, 3.05) is 5.32 Å². The lowest BCUT2D eigenvalue weighted by atomic mass is 10.2. The third kappa shape index (κ3) is 4.29. The molecule has 0 aliphatic heterocycles. The van der Waals surface area contributed by atoms with Gasteiger partial charge in [-0.3, -0.25) is 9.59 Å². The van der Waals surface area contributed by atoms with E-state index in [1.165, 1.54) is 30.4 Å². The number of Topliss-reactive ketones (excluding diaryl/α,β-unsaturated/α-hetero) is 1. The van der Waals surface area contributed by atoms with E-state index in [-0.39, 0.29) is 22.9 Å². The summed E-state index contributed by atoms with van der Waals surface area (Å²) in [5.74, 6) is -1.22. The molecule has 0 fully saturated rings. The zero-order valence-electron chi connectivity index (χ0n) is 13.3. The van der Waals surface area contributed by atoms with Gasteiger partial charge in [0.05, 0.1) is 5.56 Å². The molecule has 0 radical (unpaired) electrons. The number of esters is 1. The van der Waals surface area contributed by atoms with Gasteiger partial charge in [-0.15, -0.1) is 11.3 Å². The number of thiophene rings is 1. The second-order valence-electron chi connectivity index (χ2n) is 5.84. The van der Waals surface area contributed by atoms with E-state index in [0.717, 1.165) is 0 Å². The van der Waals surface area contributed by atoms with E-state index >= 15 is 0 Å². The first kappa shape index (κ1) is 17.0. The monoisotopic (exact) mass is 335 g/mol. The Morgan fingerprint density at radius 1 is 1.13 bits per heavy atom. The number of anilines is 1. The second kappa shape index (κ2) is 6.37. The molecule has 2 aromatic heterocycles. The molecule has 0 saturated carbocycles.